The topological polar surface area (TPSA) is 50.1 Å². The van der Waals surface area contributed by atoms with E-state index in [0.29, 0.717) is 5.56 Å². The number of Topliss-reactive ketones (excluding diaryl/α,β-unsaturated/α-hetero) is 1. The Kier molecular flexibility index (Phi) is 5.47. The maximum atomic E-state index is 12.4. The molecule has 0 N–H and O–H groups in total. The van der Waals surface area contributed by atoms with Crippen LogP contribution in [0.3, 0.4) is 0 Å². The van der Waals surface area contributed by atoms with Crippen LogP contribution in [0.5, 0.6) is 0 Å². The monoisotopic (exact) mass is 257 g/mol. The molecule has 0 bridgehead atoms. The summed E-state index contributed by atoms with van der Waals surface area (Å²) in [7, 11) is 1.57. The lowest BCUT2D eigenvalue weighted by Crippen LogP contribution is -2.11. The highest BCUT2D eigenvalue weighted by molar-refractivity contribution is 6.12. The highest BCUT2D eigenvalue weighted by Crippen LogP contribution is 2.16. The third kappa shape index (κ3) is 3.77. The summed E-state index contributed by atoms with van der Waals surface area (Å²) in [5.41, 5.74) is 2.60. The first-order chi connectivity index (χ1) is 9.03. The van der Waals surface area contributed by atoms with Crippen molar-refractivity contribution < 1.29 is 9.53 Å². The smallest absolute Gasteiger partial charge is 0.203 e. The summed E-state index contributed by atoms with van der Waals surface area (Å²) < 4.78 is 5.19. The Morgan fingerprint density at radius 1 is 1.47 bits per heavy atom. The van der Waals surface area contributed by atoms with Gasteiger partial charge in [-0.25, -0.2) is 0 Å². The van der Waals surface area contributed by atoms with Gasteiger partial charge in [0.25, 0.3) is 0 Å². The van der Waals surface area contributed by atoms with E-state index >= 15 is 0 Å². The van der Waals surface area contributed by atoms with E-state index in [1.165, 1.54) is 0 Å². The number of rotatable bonds is 5. The minimum Gasteiger partial charge on any atom is -0.377 e. The van der Waals surface area contributed by atoms with Crippen LogP contribution in [0.25, 0.3) is 0 Å². The van der Waals surface area contributed by atoms with Gasteiger partial charge in [0.15, 0.2) is 0 Å². The molecule has 0 spiro atoms. The molecule has 0 fully saturated rings. The zero-order valence-electron chi connectivity index (χ0n) is 11.9. The van der Waals surface area contributed by atoms with Gasteiger partial charge in [0, 0.05) is 12.7 Å². The molecule has 0 saturated heterocycles. The molecule has 1 unspecified atom stereocenters. The second-order valence-electron chi connectivity index (χ2n) is 4.52. The molecule has 3 heteroatoms. The molecule has 0 aromatic heterocycles. The van der Waals surface area contributed by atoms with Gasteiger partial charge in [-0.3, -0.25) is 4.79 Å². The molecule has 0 saturated carbocycles. The number of aryl methyl sites for hydroxylation is 2. The van der Waals surface area contributed by atoms with E-state index in [0.717, 1.165) is 17.5 Å². The van der Waals surface area contributed by atoms with Gasteiger partial charge in [-0.2, -0.15) is 5.26 Å². The molecule has 3 nitrogen and oxygen atoms in total. The van der Waals surface area contributed by atoms with Gasteiger partial charge in [-0.15, -0.1) is 0 Å². The van der Waals surface area contributed by atoms with Crippen molar-refractivity contribution in [3.63, 3.8) is 0 Å². The zero-order valence-corrected chi connectivity index (χ0v) is 11.9. The van der Waals surface area contributed by atoms with Crippen LogP contribution in [0.15, 0.2) is 29.8 Å². The van der Waals surface area contributed by atoms with Gasteiger partial charge in [0.05, 0.1) is 11.7 Å². The fourth-order valence-corrected chi connectivity index (χ4v) is 1.83. The average Bonchev–Trinajstić information content (AvgIpc) is 2.42. The van der Waals surface area contributed by atoms with E-state index in [2.05, 4.69) is 0 Å². The second-order valence-corrected chi connectivity index (χ2v) is 4.52. The van der Waals surface area contributed by atoms with E-state index in [9.17, 15) is 4.79 Å². The van der Waals surface area contributed by atoms with Crippen LogP contribution in [0.4, 0.5) is 0 Å². The summed E-state index contributed by atoms with van der Waals surface area (Å²) in [6.45, 7) is 5.74. The Hall–Kier alpha value is -1.92. The number of nitriles is 1. The van der Waals surface area contributed by atoms with Crippen LogP contribution >= 0.6 is 0 Å². The van der Waals surface area contributed by atoms with Crippen molar-refractivity contribution in [1.29, 1.82) is 5.26 Å². The molecule has 0 amide bonds. The van der Waals surface area contributed by atoms with Crippen molar-refractivity contribution in [3.05, 3.63) is 46.5 Å². The van der Waals surface area contributed by atoms with Crippen molar-refractivity contribution in [2.75, 3.05) is 7.11 Å². The molecule has 1 aromatic carbocycles. The van der Waals surface area contributed by atoms with Crippen LogP contribution < -0.4 is 0 Å². The molecule has 19 heavy (non-hydrogen) atoms. The van der Waals surface area contributed by atoms with Crippen molar-refractivity contribution in [3.8, 4) is 6.07 Å². The van der Waals surface area contributed by atoms with Crippen molar-refractivity contribution in [2.45, 2.75) is 33.3 Å². The van der Waals surface area contributed by atoms with Crippen LogP contribution in [0, 0.1) is 25.2 Å². The quantitative estimate of drug-likeness (QED) is 0.461. The average molecular weight is 257 g/mol. The van der Waals surface area contributed by atoms with Crippen LogP contribution in [0.2, 0.25) is 0 Å². The van der Waals surface area contributed by atoms with Crippen molar-refractivity contribution in [1.82, 2.24) is 0 Å². The van der Waals surface area contributed by atoms with Gasteiger partial charge in [0.2, 0.25) is 5.78 Å². The lowest BCUT2D eigenvalue weighted by molar-refractivity contribution is 0.103. The van der Waals surface area contributed by atoms with Gasteiger partial charge >= 0.3 is 0 Å². The number of methoxy groups -OCH3 is 1. The summed E-state index contributed by atoms with van der Waals surface area (Å²) in [6.07, 6.45) is 2.12. The van der Waals surface area contributed by atoms with Gasteiger partial charge in [-0.05, 0) is 38.0 Å². The zero-order chi connectivity index (χ0) is 14.4. The molecule has 1 aromatic rings. The van der Waals surface area contributed by atoms with Crippen molar-refractivity contribution in [2.24, 2.45) is 0 Å². The Balaban J connectivity index is 3.16. The third-order valence-corrected chi connectivity index (χ3v) is 3.06. The SMILES string of the molecule is CCC(/C=C(/C#N)C(=O)c1cc(C)ccc1C)OC. The number of hydrogen-bond acceptors (Lipinski definition) is 3. The largest absolute Gasteiger partial charge is 0.377 e. The predicted molar refractivity (Wildman–Crippen MR) is 75.0 cm³/mol. The fourth-order valence-electron chi connectivity index (χ4n) is 1.83. The summed E-state index contributed by atoms with van der Waals surface area (Å²) in [6, 6.07) is 7.64. The van der Waals surface area contributed by atoms with Crippen molar-refractivity contribution >= 4 is 5.78 Å². The first-order valence-electron chi connectivity index (χ1n) is 6.30. The minimum atomic E-state index is -0.237. The summed E-state index contributed by atoms with van der Waals surface area (Å²) in [5, 5.41) is 9.16. The number of hydrogen-bond donors (Lipinski definition) is 0. The lowest BCUT2D eigenvalue weighted by atomic mass is 9.97. The van der Waals surface area contributed by atoms with Gasteiger partial charge in [-0.1, -0.05) is 24.6 Å². The summed E-state index contributed by atoms with van der Waals surface area (Å²) in [5.74, 6) is -0.237. The maximum absolute atomic E-state index is 12.4. The van der Waals surface area contributed by atoms with E-state index in [1.54, 1.807) is 13.2 Å². The first-order valence-corrected chi connectivity index (χ1v) is 6.30. The summed E-state index contributed by atoms with van der Waals surface area (Å²) in [4.78, 5) is 12.4. The van der Waals surface area contributed by atoms with Crippen LogP contribution in [-0.4, -0.2) is 19.0 Å². The number of nitrogens with zero attached hydrogens (tertiary/aromatic N) is 1. The predicted octanol–water partition coefficient (Wildman–Crippen LogP) is 3.36. The number of carbonyl (C=O) groups excluding carboxylic acids is 1. The minimum absolute atomic E-state index is 0.141. The van der Waals surface area contributed by atoms with E-state index < -0.39 is 0 Å². The fraction of sp³-hybridized carbons (Fsp3) is 0.375. The Morgan fingerprint density at radius 2 is 2.16 bits per heavy atom. The molecule has 1 rings (SSSR count). The van der Waals surface area contributed by atoms with Crippen LogP contribution in [-0.2, 0) is 4.74 Å². The Labute approximate surface area is 114 Å². The molecule has 0 radical (unpaired) electrons. The number of ketones is 1. The maximum Gasteiger partial charge on any atom is 0.203 e. The molecular weight excluding hydrogens is 238 g/mol. The normalized spacial score (nSPS) is 12.9. The molecule has 0 aliphatic heterocycles. The molecule has 0 heterocycles. The van der Waals surface area contributed by atoms with Gasteiger partial charge < -0.3 is 4.74 Å². The Bertz CT molecular complexity index is 534. The van der Waals surface area contributed by atoms with E-state index in [4.69, 9.17) is 10.00 Å². The van der Waals surface area contributed by atoms with Crippen LogP contribution in [0.1, 0.15) is 34.8 Å². The molecule has 1 atom stereocenters. The highest BCUT2D eigenvalue weighted by atomic mass is 16.5. The van der Waals surface area contributed by atoms with Gasteiger partial charge in [0.1, 0.15) is 6.07 Å². The number of allylic oxidation sites excluding steroid dienone is 1. The standard InChI is InChI=1S/C16H19NO2/c1-5-14(19-4)9-13(10-17)16(18)15-8-11(2)6-7-12(15)3/h6-9,14H,5H2,1-4H3/b13-9-. The first kappa shape index (κ1) is 15.1. The molecule has 0 aliphatic rings. The number of ether oxygens (including phenoxy) is 1. The molecular formula is C16H19NO2. The Morgan fingerprint density at radius 3 is 2.68 bits per heavy atom. The molecule has 100 valence electrons. The highest BCUT2D eigenvalue weighted by Gasteiger charge is 2.16. The number of benzene rings is 1. The molecule has 0 aliphatic carbocycles. The van der Waals surface area contributed by atoms with E-state index in [-0.39, 0.29) is 17.5 Å². The number of carbonyl (C=O) groups is 1. The summed E-state index contributed by atoms with van der Waals surface area (Å²) >= 11 is 0. The second kappa shape index (κ2) is 6.86. The third-order valence-electron chi connectivity index (χ3n) is 3.06. The van der Waals surface area contributed by atoms with E-state index in [1.807, 2.05) is 45.0 Å². The lowest BCUT2D eigenvalue weighted by Gasteiger charge is -2.09.